The van der Waals surface area contributed by atoms with E-state index in [1.165, 1.54) is 24.3 Å². The molecule has 10 heteroatoms. The molecule has 1 aromatic heterocycles. The van der Waals surface area contributed by atoms with Gasteiger partial charge < -0.3 is 9.73 Å². The Balaban J connectivity index is 1.72. The van der Waals surface area contributed by atoms with E-state index in [9.17, 15) is 31.5 Å². The average molecular weight is 476 g/mol. The van der Waals surface area contributed by atoms with E-state index in [0.29, 0.717) is 5.56 Å². The molecule has 34 heavy (non-hydrogen) atoms. The maximum Gasteiger partial charge on any atom is 0.419 e. The first kappa shape index (κ1) is 23.2. The zero-order chi connectivity index (χ0) is 24.6. The number of benzene rings is 3. The molecule has 0 atom stereocenters. The molecule has 1 N–H and O–H groups in total. The number of nitrogens with zero attached hydrogens (tertiary/aromatic N) is 1. The van der Waals surface area contributed by atoms with Gasteiger partial charge in [0.05, 0.1) is 11.9 Å². The Bertz CT molecular complexity index is 1420. The summed E-state index contributed by atoms with van der Waals surface area (Å²) in [4.78, 5) is 24.3. The van der Waals surface area contributed by atoms with Crippen molar-refractivity contribution in [3.8, 4) is 11.1 Å². The van der Waals surface area contributed by atoms with Gasteiger partial charge in [-0.15, -0.1) is 0 Å². The molecule has 3 aromatic carbocycles. The topological polar surface area (TPSA) is 64.2 Å². The van der Waals surface area contributed by atoms with E-state index in [1.54, 1.807) is 25.1 Å². The lowest BCUT2D eigenvalue weighted by Crippen LogP contribution is -2.19. The number of rotatable bonds is 5. The molecule has 0 saturated heterocycles. The smallest absolute Gasteiger partial charge is 0.408 e. The number of carbonyl (C=O) groups is 1. The zero-order valence-corrected chi connectivity index (χ0v) is 17.7. The van der Waals surface area contributed by atoms with Gasteiger partial charge in [0.25, 0.3) is 5.91 Å². The number of hydrogen-bond acceptors (Lipinski definition) is 3. The molecule has 0 unspecified atom stereocenters. The molecule has 0 saturated carbocycles. The molecule has 0 aliphatic heterocycles. The first-order valence-electron chi connectivity index (χ1n) is 10.1. The molecule has 1 amide bonds. The van der Waals surface area contributed by atoms with Crippen LogP contribution in [0.5, 0.6) is 0 Å². The molecule has 1 heterocycles. The number of carbonyl (C=O) groups excluding carboxylic acids is 1. The molecule has 0 aliphatic carbocycles. The number of oxazole rings is 1. The minimum absolute atomic E-state index is 0.0566. The summed E-state index contributed by atoms with van der Waals surface area (Å²) in [5, 5.41) is 2.21. The number of fused-ring (bicyclic) bond motifs is 1. The lowest BCUT2D eigenvalue weighted by Gasteiger charge is -2.12. The molecule has 4 rings (SSSR count). The van der Waals surface area contributed by atoms with Gasteiger partial charge in [0.2, 0.25) is 0 Å². The van der Waals surface area contributed by atoms with Crippen LogP contribution in [0, 0.1) is 18.6 Å². The number of aromatic nitrogens is 1. The normalized spacial score (nSPS) is 11.7. The summed E-state index contributed by atoms with van der Waals surface area (Å²) in [7, 11) is 0. The molecule has 0 radical (unpaired) electrons. The summed E-state index contributed by atoms with van der Waals surface area (Å²) < 4.78 is 73.4. The van der Waals surface area contributed by atoms with Gasteiger partial charge >= 0.3 is 11.9 Å². The first-order chi connectivity index (χ1) is 16.0. The van der Waals surface area contributed by atoms with Crippen molar-refractivity contribution in [2.45, 2.75) is 26.1 Å². The molecule has 5 nitrogen and oxygen atoms in total. The highest BCUT2D eigenvalue weighted by Crippen LogP contribution is 2.32. The number of anilines is 1. The van der Waals surface area contributed by atoms with Gasteiger partial charge in [0.1, 0.15) is 17.3 Å². The van der Waals surface area contributed by atoms with Gasteiger partial charge in [0.15, 0.2) is 5.58 Å². The Morgan fingerprint density at radius 1 is 1.03 bits per heavy atom. The summed E-state index contributed by atoms with van der Waals surface area (Å²) in [6.07, 6.45) is -5.73. The Morgan fingerprint density at radius 2 is 1.68 bits per heavy atom. The molecule has 4 aromatic rings. The molecule has 0 aliphatic rings. The van der Waals surface area contributed by atoms with Gasteiger partial charge in [-0.1, -0.05) is 18.2 Å². The fourth-order valence-corrected chi connectivity index (χ4v) is 3.59. The van der Waals surface area contributed by atoms with Crippen molar-refractivity contribution in [3.05, 3.63) is 87.9 Å². The van der Waals surface area contributed by atoms with Crippen LogP contribution in [0.2, 0.25) is 0 Å². The number of amides is 1. The van der Waals surface area contributed by atoms with Gasteiger partial charge in [0, 0.05) is 12.1 Å². The highest BCUT2D eigenvalue weighted by atomic mass is 19.4. The second-order valence-electron chi connectivity index (χ2n) is 7.65. The van der Waals surface area contributed by atoms with Crippen LogP contribution in [0.1, 0.15) is 22.3 Å². The predicted octanol–water partition coefficient (Wildman–Crippen LogP) is 6.05. The summed E-state index contributed by atoms with van der Waals surface area (Å²) in [5.41, 5.74) is 0.531. The van der Waals surface area contributed by atoms with E-state index in [2.05, 4.69) is 5.32 Å². The van der Waals surface area contributed by atoms with Crippen LogP contribution in [0.25, 0.3) is 22.2 Å². The standard InChI is InChI=1S/C24H17F5N2O3/c1-13-9-20-19(31(23(33)34-20)8-7-24(27,28)29)12-16(13)15-10-17(25)21(18(26)11-15)30-22(32)14-5-3-2-4-6-14/h2-6,9-12H,7-8H2,1H3,(H,30,32). The van der Waals surface area contributed by atoms with Crippen LogP contribution < -0.4 is 11.1 Å². The van der Waals surface area contributed by atoms with Gasteiger partial charge in [-0.3, -0.25) is 9.36 Å². The van der Waals surface area contributed by atoms with Crippen LogP contribution in [-0.2, 0) is 6.54 Å². The van der Waals surface area contributed by atoms with Gasteiger partial charge in [-0.2, -0.15) is 13.2 Å². The highest BCUT2D eigenvalue weighted by Gasteiger charge is 2.28. The van der Waals surface area contributed by atoms with E-state index >= 15 is 0 Å². The Hall–Kier alpha value is -3.95. The summed E-state index contributed by atoms with van der Waals surface area (Å²) >= 11 is 0. The lowest BCUT2D eigenvalue weighted by atomic mass is 9.99. The average Bonchev–Trinajstić information content (AvgIpc) is 3.07. The van der Waals surface area contributed by atoms with Crippen molar-refractivity contribution in [2.24, 2.45) is 0 Å². The van der Waals surface area contributed by atoms with Crippen molar-refractivity contribution >= 4 is 22.7 Å². The van der Waals surface area contributed by atoms with E-state index in [1.807, 2.05) is 0 Å². The van der Waals surface area contributed by atoms with E-state index < -0.39 is 48.1 Å². The molecule has 0 bridgehead atoms. The third kappa shape index (κ3) is 4.70. The van der Waals surface area contributed by atoms with Crippen molar-refractivity contribution in [1.29, 1.82) is 0 Å². The monoisotopic (exact) mass is 476 g/mol. The first-order valence-corrected chi connectivity index (χ1v) is 10.1. The fraction of sp³-hybridized carbons (Fsp3) is 0.167. The van der Waals surface area contributed by atoms with E-state index in [-0.39, 0.29) is 27.8 Å². The minimum Gasteiger partial charge on any atom is -0.408 e. The van der Waals surface area contributed by atoms with Crippen LogP contribution >= 0.6 is 0 Å². The minimum atomic E-state index is -4.48. The van der Waals surface area contributed by atoms with E-state index in [0.717, 1.165) is 16.7 Å². The second-order valence-corrected chi connectivity index (χ2v) is 7.65. The van der Waals surface area contributed by atoms with Crippen LogP contribution in [0.3, 0.4) is 0 Å². The van der Waals surface area contributed by atoms with E-state index in [4.69, 9.17) is 4.42 Å². The Labute approximate surface area is 189 Å². The number of nitrogens with one attached hydrogen (secondary N) is 1. The number of hydrogen-bond donors (Lipinski definition) is 1. The van der Waals surface area contributed by atoms with Crippen LogP contribution in [-0.4, -0.2) is 16.7 Å². The Kier molecular flexibility index (Phi) is 5.99. The molecular formula is C24H17F5N2O3. The maximum absolute atomic E-state index is 14.8. The van der Waals surface area contributed by atoms with Crippen molar-refractivity contribution < 1.29 is 31.2 Å². The number of alkyl halides is 3. The second kappa shape index (κ2) is 8.77. The van der Waals surface area contributed by atoms with Crippen LogP contribution in [0.15, 0.2) is 63.8 Å². The summed E-state index contributed by atoms with van der Waals surface area (Å²) in [6.45, 7) is 0.938. The largest absolute Gasteiger partial charge is 0.419 e. The van der Waals surface area contributed by atoms with Crippen molar-refractivity contribution in [1.82, 2.24) is 4.57 Å². The molecule has 176 valence electrons. The third-order valence-corrected chi connectivity index (χ3v) is 5.26. The predicted molar refractivity (Wildman–Crippen MR) is 116 cm³/mol. The lowest BCUT2D eigenvalue weighted by molar-refractivity contribution is -0.136. The quantitative estimate of drug-likeness (QED) is 0.357. The molecular weight excluding hydrogens is 459 g/mol. The molecule has 0 fully saturated rings. The summed E-state index contributed by atoms with van der Waals surface area (Å²) in [6, 6.07) is 12.6. The molecule has 0 spiro atoms. The van der Waals surface area contributed by atoms with Gasteiger partial charge in [-0.25, -0.2) is 13.6 Å². The highest BCUT2D eigenvalue weighted by molar-refractivity contribution is 6.04. The summed E-state index contributed by atoms with van der Waals surface area (Å²) in [5.74, 6) is -3.75. The number of aryl methyl sites for hydroxylation is 2. The van der Waals surface area contributed by atoms with Gasteiger partial charge in [-0.05, 0) is 60.0 Å². The maximum atomic E-state index is 14.8. The Morgan fingerprint density at radius 3 is 2.29 bits per heavy atom. The SMILES string of the molecule is Cc1cc2oc(=O)n(CCC(F)(F)F)c2cc1-c1cc(F)c(NC(=O)c2ccccc2)c(F)c1. The van der Waals surface area contributed by atoms with Crippen molar-refractivity contribution in [2.75, 3.05) is 5.32 Å². The third-order valence-electron chi connectivity index (χ3n) is 5.26. The van der Waals surface area contributed by atoms with Crippen LogP contribution in [0.4, 0.5) is 27.6 Å². The van der Waals surface area contributed by atoms with Crippen molar-refractivity contribution in [3.63, 3.8) is 0 Å². The zero-order valence-electron chi connectivity index (χ0n) is 17.7. The number of halogens is 5. The fourth-order valence-electron chi connectivity index (χ4n) is 3.59.